The molecular weight excluding hydrogens is 646 g/mol. The number of ether oxygens (including phenoxy) is 1. The monoisotopic (exact) mass is 693 g/mol. The molecule has 16 nitrogen and oxygen atoms in total. The number of hydrogen-bond donors (Lipinski definition) is 4. The van der Waals surface area contributed by atoms with Gasteiger partial charge in [-0.3, -0.25) is 4.79 Å². The van der Waals surface area contributed by atoms with Crippen molar-refractivity contribution in [1.29, 1.82) is 0 Å². The number of aliphatic hydroxyl groups is 2. The minimum absolute atomic E-state index is 0.0129. The summed E-state index contributed by atoms with van der Waals surface area (Å²) in [4.78, 5) is 47.8. The molecule has 0 radical (unpaired) electrons. The standard InChI is InChI=1S/C24H32N6O5.C10H15N3O2/c1-6-30(7-2)24-26-16(5)10-19(27-24)23-28-22(29-35-23)17-8-14(3)21(15(4)9-17)34-13-18(32)11-25-20(33)12-31;1-4-13(5-2)10-11-7(3)6-8(12-10)9(14)15/h8-10,18,31-32H,6-7,11-13H2,1-5H3,(H,25,33);6H,4-5H2,1-3H3,(H,14,15). The molecule has 0 spiro atoms. The number of aryl methyl sites for hydroxylation is 4. The Hall–Kier alpha value is -5.22. The molecule has 3 heterocycles. The van der Waals surface area contributed by atoms with Crippen molar-refractivity contribution in [3.63, 3.8) is 0 Å². The lowest BCUT2D eigenvalue weighted by atomic mass is 10.1. The number of aliphatic hydroxyl groups excluding tert-OH is 2. The number of carboxylic acids is 1. The second-order valence-corrected chi connectivity index (χ2v) is 11.3. The third-order valence-corrected chi connectivity index (χ3v) is 7.46. The number of nitrogens with zero attached hydrogens (tertiary/aromatic N) is 8. The zero-order chi connectivity index (χ0) is 37.0. The molecule has 0 saturated carbocycles. The first-order valence-corrected chi connectivity index (χ1v) is 16.4. The summed E-state index contributed by atoms with van der Waals surface area (Å²) in [7, 11) is 0. The second-order valence-electron chi connectivity index (χ2n) is 11.3. The predicted octanol–water partition coefficient (Wildman–Crippen LogP) is 3.14. The van der Waals surface area contributed by atoms with Gasteiger partial charge in [0, 0.05) is 49.7 Å². The number of aromatic carboxylic acids is 1. The average molecular weight is 694 g/mol. The number of rotatable bonds is 15. The van der Waals surface area contributed by atoms with E-state index in [1.165, 1.54) is 6.07 Å². The SMILES string of the molecule is CCN(CC)c1nc(C)cc(-c2nc(-c3cc(C)c(OCC(O)CNC(=O)CO)c(C)c3)no2)n1.CCN(CC)c1nc(C)cc(C(=O)O)n1. The van der Waals surface area contributed by atoms with Crippen molar-refractivity contribution in [2.24, 2.45) is 0 Å². The van der Waals surface area contributed by atoms with E-state index in [0.29, 0.717) is 40.7 Å². The number of nitrogens with one attached hydrogen (secondary N) is 1. The van der Waals surface area contributed by atoms with E-state index in [4.69, 9.17) is 19.5 Å². The number of hydrogen-bond acceptors (Lipinski definition) is 14. The molecule has 4 aromatic rings. The van der Waals surface area contributed by atoms with Crippen molar-refractivity contribution in [2.75, 3.05) is 55.7 Å². The number of carboxylic acid groups (broad SMARTS) is 1. The van der Waals surface area contributed by atoms with Crippen molar-refractivity contribution in [3.8, 4) is 28.7 Å². The van der Waals surface area contributed by atoms with Crippen molar-refractivity contribution < 1.29 is 34.2 Å². The Labute approximate surface area is 291 Å². The van der Waals surface area contributed by atoms with Crippen LogP contribution < -0.4 is 19.9 Å². The van der Waals surface area contributed by atoms with Crippen LogP contribution in [0.3, 0.4) is 0 Å². The molecule has 4 rings (SSSR count). The van der Waals surface area contributed by atoms with Gasteiger partial charge in [0.15, 0.2) is 5.69 Å². The Morgan fingerprint density at radius 1 is 0.840 bits per heavy atom. The summed E-state index contributed by atoms with van der Waals surface area (Å²) in [6, 6.07) is 7.04. The van der Waals surface area contributed by atoms with E-state index in [9.17, 15) is 14.7 Å². The van der Waals surface area contributed by atoms with Gasteiger partial charge in [0.1, 0.15) is 30.8 Å². The maximum Gasteiger partial charge on any atom is 0.354 e. The first-order valence-electron chi connectivity index (χ1n) is 16.4. The van der Waals surface area contributed by atoms with Crippen molar-refractivity contribution in [2.45, 2.75) is 61.5 Å². The van der Waals surface area contributed by atoms with Crippen LogP contribution in [0.1, 0.15) is 60.7 Å². The summed E-state index contributed by atoms with van der Waals surface area (Å²) < 4.78 is 11.3. The van der Waals surface area contributed by atoms with Crippen molar-refractivity contribution in [3.05, 3.63) is 52.5 Å². The molecule has 0 fully saturated rings. The van der Waals surface area contributed by atoms with Gasteiger partial charge in [0.25, 0.3) is 5.89 Å². The minimum atomic E-state index is -1.02. The fraction of sp³-hybridized carbons (Fsp3) is 0.471. The van der Waals surface area contributed by atoms with Gasteiger partial charge in [-0.15, -0.1) is 0 Å². The van der Waals surface area contributed by atoms with Gasteiger partial charge < -0.3 is 39.7 Å². The molecule has 1 aromatic carbocycles. The number of benzene rings is 1. The van der Waals surface area contributed by atoms with E-state index in [1.807, 2.05) is 71.6 Å². The Balaban J connectivity index is 0.000000376. The lowest BCUT2D eigenvalue weighted by Crippen LogP contribution is -2.36. The van der Waals surface area contributed by atoms with Gasteiger partial charge in [-0.1, -0.05) is 5.16 Å². The summed E-state index contributed by atoms with van der Waals surface area (Å²) in [6.07, 6.45) is -0.915. The molecule has 50 heavy (non-hydrogen) atoms. The van der Waals surface area contributed by atoms with Gasteiger partial charge in [0.2, 0.25) is 23.6 Å². The zero-order valence-corrected chi connectivity index (χ0v) is 29.9. The smallest absolute Gasteiger partial charge is 0.354 e. The summed E-state index contributed by atoms with van der Waals surface area (Å²) in [5, 5.41) is 34.1. The van der Waals surface area contributed by atoms with E-state index in [0.717, 1.165) is 48.6 Å². The van der Waals surface area contributed by atoms with E-state index in [1.54, 1.807) is 6.92 Å². The lowest BCUT2D eigenvalue weighted by Gasteiger charge is -2.18. The van der Waals surface area contributed by atoms with E-state index < -0.39 is 24.6 Å². The molecule has 1 amide bonds. The normalized spacial score (nSPS) is 11.3. The fourth-order valence-electron chi connectivity index (χ4n) is 4.90. The van der Waals surface area contributed by atoms with Gasteiger partial charge >= 0.3 is 5.97 Å². The zero-order valence-electron chi connectivity index (χ0n) is 29.9. The number of carbonyl (C=O) groups is 2. The summed E-state index contributed by atoms with van der Waals surface area (Å²) in [6.45, 7) is 17.9. The molecule has 1 unspecified atom stereocenters. The quantitative estimate of drug-likeness (QED) is 0.141. The molecule has 0 aliphatic heterocycles. The fourth-order valence-corrected chi connectivity index (χ4v) is 4.90. The first-order chi connectivity index (χ1) is 23.8. The third-order valence-electron chi connectivity index (χ3n) is 7.46. The molecule has 16 heteroatoms. The highest BCUT2D eigenvalue weighted by Gasteiger charge is 2.18. The molecule has 0 aliphatic carbocycles. The molecule has 4 N–H and O–H groups in total. The first kappa shape index (κ1) is 39.2. The van der Waals surface area contributed by atoms with Crippen LogP contribution in [0.2, 0.25) is 0 Å². The van der Waals surface area contributed by atoms with Crippen LogP contribution in [-0.2, 0) is 4.79 Å². The van der Waals surface area contributed by atoms with Gasteiger partial charge in [-0.25, -0.2) is 24.7 Å². The molecule has 0 bridgehead atoms. The number of amides is 1. The number of anilines is 2. The molecule has 1 atom stereocenters. The van der Waals surface area contributed by atoms with Crippen LogP contribution in [-0.4, -0.2) is 109 Å². The second kappa shape index (κ2) is 18.5. The Kier molecular flexibility index (Phi) is 14.5. The van der Waals surface area contributed by atoms with Crippen LogP contribution in [0.25, 0.3) is 23.0 Å². The van der Waals surface area contributed by atoms with Crippen LogP contribution in [0.5, 0.6) is 5.75 Å². The Bertz CT molecular complexity index is 1720. The maximum atomic E-state index is 11.1. The summed E-state index contributed by atoms with van der Waals surface area (Å²) in [5.41, 5.74) is 4.51. The highest BCUT2D eigenvalue weighted by molar-refractivity contribution is 5.85. The molecular formula is C34H47N9O7. The molecule has 0 saturated heterocycles. The topological polar surface area (TPSA) is 213 Å². The van der Waals surface area contributed by atoms with Crippen LogP contribution >= 0.6 is 0 Å². The van der Waals surface area contributed by atoms with Gasteiger partial charge in [-0.2, -0.15) is 4.98 Å². The van der Waals surface area contributed by atoms with Crippen molar-refractivity contribution >= 4 is 23.8 Å². The molecule has 270 valence electrons. The average Bonchev–Trinajstić information content (AvgIpc) is 3.58. The number of carbonyl (C=O) groups excluding carboxylic acids is 1. The third kappa shape index (κ3) is 10.6. The van der Waals surface area contributed by atoms with E-state index in [2.05, 4.69) is 40.3 Å². The van der Waals surface area contributed by atoms with E-state index >= 15 is 0 Å². The molecule has 0 aliphatic rings. The largest absolute Gasteiger partial charge is 0.490 e. The Morgan fingerprint density at radius 2 is 1.40 bits per heavy atom. The van der Waals surface area contributed by atoms with Crippen LogP contribution in [0.15, 0.2) is 28.8 Å². The van der Waals surface area contributed by atoms with Gasteiger partial charge in [-0.05, 0) is 90.8 Å². The molecule has 3 aromatic heterocycles. The van der Waals surface area contributed by atoms with Crippen LogP contribution in [0, 0.1) is 27.7 Å². The van der Waals surface area contributed by atoms with Gasteiger partial charge in [0.05, 0.1) is 0 Å². The maximum absolute atomic E-state index is 11.1. The summed E-state index contributed by atoms with van der Waals surface area (Å²) in [5.74, 6) is 0.886. The number of aromatic nitrogens is 6. The van der Waals surface area contributed by atoms with Crippen LogP contribution in [0.4, 0.5) is 11.9 Å². The summed E-state index contributed by atoms with van der Waals surface area (Å²) >= 11 is 0. The lowest BCUT2D eigenvalue weighted by molar-refractivity contribution is -0.124. The Morgan fingerprint density at radius 3 is 1.94 bits per heavy atom. The van der Waals surface area contributed by atoms with Crippen molar-refractivity contribution in [1.82, 2.24) is 35.4 Å². The minimum Gasteiger partial charge on any atom is -0.490 e. The highest BCUT2D eigenvalue weighted by Crippen LogP contribution is 2.30. The highest BCUT2D eigenvalue weighted by atomic mass is 16.5. The predicted molar refractivity (Wildman–Crippen MR) is 187 cm³/mol. The van der Waals surface area contributed by atoms with E-state index in [-0.39, 0.29) is 18.8 Å².